The predicted octanol–water partition coefficient (Wildman–Crippen LogP) is 1.84. The molecule has 1 saturated heterocycles. The van der Waals surface area contributed by atoms with Crippen molar-refractivity contribution in [3.8, 4) is 6.07 Å². The zero-order chi connectivity index (χ0) is 29.9. The van der Waals surface area contributed by atoms with E-state index >= 15 is 0 Å². The Kier molecular flexibility index (Phi) is 8.46. The molecule has 1 aromatic carbocycles. The van der Waals surface area contributed by atoms with Gasteiger partial charge in [0.15, 0.2) is 6.10 Å². The van der Waals surface area contributed by atoms with E-state index < -0.39 is 47.8 Å². The fraction of sp³-hybridized carbons (Fsp3) is 0.367. The number of carbonyl (C=O) groups excluding carboxylic acids is 1. The molecule has 1 amide bonds. The molecule has 0 radical (unpaired) electrons. The molecular formula is C30H31N5O7. The average Bonchev–Trinajstić information content (AvgIpc) is 3.45. The summed E-state index contributed by atoms with van der Waals surface area (Å²) in [6.07, 6.45) is -1.59. The molecule has 0 spiro atoms. The third-order valence-corrected chi connectivity index (χ3v) is 8.08. The van der Waals surface area contributed by atoms with Crippen LogP contribution < -0.4 is 10.6 Å². The Bertz CT molecular complexity index is 1460. The summed E-state index contributed by atoms with van der Waals surface area (Å²) in [5.74, 6) is -1.80. The van der Waals surface area contributed by atoms with Gasteiger partial charge in [-0.2, -0.15) is 5.26 Å². The zero-order valence-electron chi connectivity index (χ0n) is 22.5. The fourth-order valence-electron chi connectivity index (χ4n) is 5.78. The van der Waals surface area contributed by atoms with Crippen LogP contribution >= 0.6 is 0 Å². The molecule has 3 heterocycles. The molecule has 2 fully saturated rings. The monoisotopic (exact) mass is 573 g/mol. The van der Waals surface area contributed by atoms with Gasteiger partial charge in [-0.05, 0) is 72.7 Å². The lowest BCUT2D eigenvalue weighted by Crippen LogP contribution is -2.61. The Morgan fingerprint density at radius 2 is 1.76 bits per heavy atom. The molecule has 1 saturated carbocycles. The number of amides is 1. The van der Waals surface area contributed by atoms with Gasteiger partial charge in [-0.25, -0.2) is 9.78 Å². The van der Waals surface area contributed by atoms with Crippen LogP contribution in [-0.2, 0) is 21.5 Å². The summed E-state index contributed by atoms with van der Waals surface area (Å²) in [6.45, 7) is 0.463. The molecule has 1 aliphatic heterocycles. The molecule has 5 rings (SSSR count). The molecule has 1 aliphatic carbocycles. The van der Waals surface area contributed by atoms with E-state index in [-0.39, 0.29) is 12.3 Å². The molecule has 2 aliphatic rings. The van der Waals surface area contributed by atoms with Gasteiger partial charge in [0.05, 0.1) is 23.2 Å². The normalized spacial score (nSPS) is 28.9. The van der Waals surface area contributed by atoms with Crippen LogP contribution in [0.4, 0.5) is 11.5 Å². The minimum Gasteiger partial charge on any atom is -0.479 e. The van der Waals surface area contributed by atoms with Crippen molar-refractivity contribution in [2.75, 3.05) is 10.6 Å². The molecule has 3 aromatic rings. The smallest absolute Gasteiger partial charge is 0.335 e. The largest absolute Gasteiger partial charge is 0.479 e. The molecular weight excluding hydrogens is 542 g/mol. The van der Waals surface area contributed by atoms with E-state index in [1.54, 1.807) is 55.0 Å². The number of aliphatic hydroxyl groups excluding tert-OH is 3. The summed E-state index contributed by atoms with van der Waals surface area (Å²) in [7, 11) is 0. The summed E-state index contributed by atoms with van der Waals surface area (Å²) >= 11 is 0. The summed E-state index contributed by atoms with van der Waals surface area (Å²) in [5, 5.41) is 56.4. The van der Waals surface area contributed by atoms with E-state index in [1.165, 1.54) is 0 Å². The van der Waals surface area contributed by atoms with Crippen LogP contribution in [0.2, 0.25) is 0 Å². The number of nitrogens with zero attached hydrogens (tertiary/aromatic N) is 3. The second-order valence-electron chi connectivity index (χ2n) is 10.7. The Labute approximate surface area is 241 Å². The van der Waals surface area contributed by atoms with Crippen molar-refractivity contribution in [2.24, 2.45) is 5.92 Å². The number of aliphatic carboxylic acids is 1. The van der Waals surface area contributed by atoms with Crippen LogP contribution in [0.25, 0.3) is 0 Å². The highest BCUT2D eigenvalue weighted by atomic mass is 16.6. The van der Waals surface area contributed by atoms with Crippen molar-refractivity contribution < 1.29 is 34.8 Å². The van der Waals surface area contributed by atoms with Gasteiger partial charge < -0.3 is 35.8 Å². The first-order valence-corrected chi connectivity index (χ1v) is 13.6. The minimum atomic E-state index is -1.77. The molecule has 2 aromatic heterocycles. The Morgan fingerprint density at radius 3 is 2.45 bits per heavy atom. The Balaban J connectivity index is 1.26. The van der Waals surface area contributed by atoms with Crippen LogP contribution in [0.5, 0.6) is 0 Å². The zero-order valence-corrected chi connectivity index (χ0v) is 22.5. The number of rotatable bonds is 8. The standard InChI is InChI=1S/C30H31N5O7/c31-16-30(10-7-18(14-30)25-23(37)22(36)24(38)26(42-25)29(40)41)19-3-5-20(6-4-19)35-28(39)21-2-1-11-33-27(21)34-15-17-8-12-32-13-9-17/h1-6,8-9,11-13,18,22-26,36-38H,7,10,14-15H2,(H,33,34)(H,35,39)(H,40,41)/t18-,22-,23-,24+,25+,26+,30+/m1/s1. The average molecular weight is 574 g/mol. The molecule has 218 valence electrons. The third kappa shape index (κ3) is 5.81. The highest BCUT2D eigenvalue weighted by molar-refractivity contribution is 6.07. The maximum Gasteiger partial charge on any atom is 0.335 e. The van der Waals surface area contributed by atoms with Crippen molar-refractivity contribution in [2.45, 2.75) is 61.7 Å². The highest BCUT2D eigenvalue weighted by Gasteiger charge is 2.53. The van der Waals surface area contributed by atoms with Gasteiger partial charge in [-0.3, -0.25) is 9.78 Å². The van der Waals surface area contributed by atoms with E-state index in [4.69, 9.17) is 4.74 Å². The third-order valence-electron chi connectivity index (χ3n) is 8.08. The predicted molar refractivity (Wildman–Crippen MR) is 149 cm³/mol. The van der Waals surface area contributed by atoms with E-state index in [2.05, 4.69) is 26.7 Å². The van der Waals surface area contributed by atoms with E-state index in [1.807, 2.05) is 12.1 Å². The number of aliphatic hydroxyl groups is 3. The quantitative estimate of drug-likeness (QED) is 0.230. The Morgan fingerprint density at radius 1 is 1.02 bits per heavy atom. The van der Waals surface area contributed by atoms with Gasteiger partial charge in [-0.1, -0.05) is 12.1 Å². The maximum atomic E-state index is 13.1. The Hall–Kier alpha value is -4.41. The van der Waals surface area contributed by atoms with Crippen LogP contribution in [0.1, 0.15) is 40.7 Å². The first kappa shape index (κ1) is 29.1. The number of carboxylic acids is 1. The summed E-state index contributed by atoms with van der Waals surface area (Å²) in [4.78, 5) is 32.9. The van der Waals surface area contributed by atoms with Gasteiger partial charge >= 0.3 is 5.97 Å². The second-order valence-corrected chi connectivity index (χ2v) is 10.7. The lowest BCUT2D eigenvalue weighted by Gasteiger charge is -2.41. The van der Waals surface area contributed by atoms with Crippen molar-refractivity contribution in [3.63, 3.8) is 0 Å². The van der Waals surface area contributed by atoms with Crippen LogP contribution in [0, 0.1) is 17.2 Å². The number of anilines is 2. The number of aromatic nitrogens is 2. The first-order valence-electron chi connectivity index (χ1n) is 13.6. The molecule has 12 heteroatoms. The van der Waals surface area contributed by atoms with E-state index in [9.17, 15) is 35.3 Å². The SMILES string of the molecule is N#C[C@]1(c2ccc(NC(=O)c3cccnc3NCc3ccncc3)cc2)CC[C@@H]([C@@H]2O[C@H](C(=O)O)[C@@H](O)[C@H](O)[C@H]2O)C1. The van der Waals surface area contributed by atoms with Gasteiger partial charge in [0.1, 0.15) is 24.1 Å². The summed E-state index contributed by atoms with van der Waals surface area (Å²) < 4.78 is 5.53. The molecule has 6 N–H and O–H groups in total. The number of benzene rings is 1. The fourth-order valence-corrected chi connectivity index (χ4v) is 5.78. The van der Waals surface area contributed by atoms with Gasteiger partial charge in [-0.15, -0.1) is 0 Å². The lowest BCUT2D eigenvalue weighted by molar-refractivity contribution is -0.237. The van der Waals surface area contributed by atoms with Gasteiger partial charge in [0.25, 0.3) is 5.91 Å². The van der Waals surface area contributed by atoms with Crippen molar-refractivity contribution in [1.29, 1.82) is 5.26 Å². The molecule has 7 atom stereocenters. The highest BCUT2D eigenvalue weighted by Crippen LogP contribution is 2.47. The number of hydrogen-bond acceptors (Lipinski definition) is 10. The molecule has 0 unspecified atom stereocenters. The number of hydrogen-bond donors (Lipinski definition) is 6. The first-order chi connectivity index (χ1) is 20.2. The topological polar surface area (TPSA) is 198 Å². The van der Waals surface area contributed by atoms with Gasteiger partial charge in [0.2, 0.25) is 0 Å². The molecule has 0 bridgehead atoms. The van der Waals surface area contributed by atoms with Crippen molar-refractivity contribution in [3.05, 3.63) is 83.8 Å². The number of pyridine rings is 2. The molecule has 42 heavy (non-hydrogen) atoms. The summed E-state index contributed by atoms with van der Waals surface area (Å²) in [5.41, 5.74) is 1.62. The van der Waals surface area contributed by atoms with Crippen LogP contribution in [0.15, 0.2) is 67.1 Å². The number of carbonyl (C=O) groups is 2. The minimum absolute atomic E-state index is 0.258. The van der Waals surface area contributed by atoms with Crippen molar-refractivity contribution in [1.82, 2.24) is 9.97 Å². The van der Waals surface area contributed by atoms with E-state index in [0.29, 0.717) is 42.0 Å². The lowest BCUT2D eigenvalue weighted by atomic mass is 9.78. The number of nitrogens with one attached hydrogen (secondary N) is 2. The number of ether oxygens (including phenoxy) is 1. The number of carboxylic acid groups (broad SMARTS) is 1. The maximum absolute atomic E-state index is 13.1. The number of nitriles is 1. The summed E-state index contributed by atoms with van der Waals surface area (Å²) in [6, 6.07) is 16.4. The van der Waals surface area contributed by atoms with Gasteiger partial charge in [0, 0.05) is 30.8 Å². The van der Waals surface area contributed by atoms with Crippen molar-refractivity contribution >= 4 is 23.4 Å². The van der Waals surface area contributed by atoms with E-state index in [0.717, 1.165) is 5.56 Å². The van der Waals surface area contributed by atoms with Crippen LogP contribution in [0.3, 0.4) is 0 Å². The second kappa shape index (κ2) is 12.2. The van der Waals surface area contributed by atoms with Crippen LogP contribution in [-0.4, -0.2) is 72.8 Å². The molecule has 12 nitrogen and oxygen atoms in total.